The van der Waals surface area contributed by atoms with Crippen molar-refractivity contribution in [3.8, 4) is 0 Å². The number of nitro groups is 1. The number of anilines is 1. The molecular weight excluding hydrogens is 264 g/mol. The molecule has 0 aliphatic rings. The highest BCUT2D eigenvalue weighted by Gasteiger charge is 2.23. The molecule has 2 rings (SSSR count). The Bertz CT molecular complexity index is 531. The summed E-state index contributed by atoms with van der Waals surface area (Å²) >= 11 is 2.24. The lowest BCUT2D eigenvalue weighted by molar-refractivity contribution is -0.387. The van der Waals surface area contributed by atoms with E-state index >= 15 is 0 Å². The lowest BCUT2D eigenvalue weighted by Gasteiger charge is -2.03. The van der Waals surface area contributed by atoms with Crippen molar-refractivity contribution in [3.05, 3.63) is 22.8 Å². The van der Waals surface area contributed by atoms with Crippen LogP contribution in [0, 0.1) is 10.1 Å². The molecule has 0 saturated carbocycles. The maximum absolute atomic E-state index is 11.0. The second-order valence-electron chi connectivity index (χ2n) is 2.69. The predicted octanol–water partition coefficient (Wildman–Crippen LogP) is 1.43. The number of hydrogen-bond acceptors (Lipinski definition) is 9. The van der Waals surface area contributed by atoms with E-state index in [2.05, 4.69) is 24.6 Å². The van der Waals surface area contributed by atoms with Gasteiger partial charge >= 0.3 is 5.69 Å². The molecule has 10 heteroatoms. The average Bonchev–Trinajstić information content (AvgIpc) is 2.81. The maximum atomic E-state index is 11.0. The van der Waals surface area contributed by atoms with Gasteiger partial charge in [-0.3, -0.25) is 10.1 Å². The number of aromatic nitrogens is 4. The molecular formula is C7H6N6O2S2. The Balaban J connectivity index is 2.42. The molecule has 8 nitrogen and oxygen atoms in total. The minimum atomic E-state index is -0.519. The summed E-state index contributed by atoms with van der Waals surface area (Å²) < 4.78 is 4.41. The minimum Gasteiger partial charge on any atom is -0.367 e. The van der Waals surface area contributed by atoms with Crippen LogP contribution < -0.4 is 5.32 Å². The normalized spacial score (nSPS) is 10.2. The van der Waals surface area contributed by atoms with E-state index in [4.69, 9.17) is 0 Å². The zero-order chi connectivity index (χ0) is 12.3. The van der Waals surface area contributed by atoms with Crippen molar-refractivity contribution in [3.63, 3.8) is 0 Å². The largest absolute Gasteiger partial charge is 0.367 e. The van der Waals surface area contributed by atoms with Crippen LogP contribution in [0.5, 0.6) is 0 Å². The van der Waals surface area contributed by atoms with Gasteiger partial charge in [-0.1, -0.05) is 0 Å². The first-order valence-corrected chi connectivity index (χ1v) is 5.93. The van der Waals surface area contributed by atoms with Crippen LogP contribution in [0.1, 0.15) is 0 Å². The summed E-state index contributed by atoms with van der Waals surface area (Å²) in [6.07, 6.45) is 2.65. The maximum Gasteiger partial charge on any atom is 0.343 e. The monoisotopic (exact) mass is 270 g/mol. The fourth-order valence-corrected chi connectivity index (χ4v) is 2.50. The van der Waals surface area contributed by atoms with Gasteiger partial charge in [-0.15, -0.1) is 0 Å². The highest BCUT2D eigenvalue weighted by atomic mass is 32.2. The van der Waals surface area contributed by atoms with E-state index in [-0.39, 0.29) is 16.5 Å². The molecule has 1 N–H and O–H groups in total. The highest BCUT2D eigenvalue weighted by Crippen LogP contribution is 2.36. The molecule has 2 heterocycles. The molecule has 0 unspecified atom stereocenters. The van der Waals surface area contributed by atoms with Crippen molar-refractivity contribution in [1.82, 2.24) is 19.3 Å². The molecule has 0 aromatic carbocycles. The fraction of sp³-hybridized carbons (Fsp3) is 0.143. The molecule has 88 valence electrons. The molecule has 0 atom stereocenters. The van der Waals surface area contributed by atoms with Crippen molar-refractivity contribution in [2.24, 2.45) is 0 Å². The van der Waals surface area contributed by atoms with Crippen molar-refractivity contribution < 1.29 is 4.92 Å². The fourth-order valence-electron chi connectivity index (χ4n) is 1.08. The van der Waals surface area contributed by atoms with E-state index < -0.39 is 4.92 Å². The molecule has 0 amide bonds. The van der Waals surface area contributed by atoms with Gasteiger partial charge in [-0.25, -0.2) is 15.0 Å². The first-order valence-electron chi connectivity index (χ1n) is 4.34. The first kappa shape index (κ1) is 11.7. The summed E-state index contributed by atoms with van der Waals surface area (Å²) in [5.41, 5.74) is -0.157. The molecule has 0 saturated heterocycles. The van der Waals surface area contributed by atoms with Crippen LogP contribution in [0.25, 0.3) is 0 Å². The SMILES string of the molecule is CNc1ncnc(Sc2ncns2)c1[N+](=O)[O-]. The third-order valence-electron chi connectivity index (χ3n) is 1.73. The Kier molecular flexibility index (Phi) is 3.44. The van der Waals surface area contributed by atoms with E-state index in [1.54, 1.807) is 7.05 Å². The molecule has 2 aromatic rings. The zero-order valence-electron chi connectivity index (χ0n) is 8.52. The van der Waals surface area contributed by atoms with Gasteiger partial charge in [0.1, 0.15) is 12.7 Å². The summed E-state index contributed by atoms with van der Waals surface area (Å²) in [5.74, 6) is 0.178. The molecule has 2 aromatic heterocycles. The van der Waals surface area contributed by atoms with Gasteiger partial charge in [0.2, 0.25) is 5.82 Å². The summed E-state index contributed by atoms with van der Waals surface area (Å²) in [7, 11) is 1.56. The van der Waals surface area contributed by atoms with Crippen LogP contribution in [0.2, 0.25) is 0 Å². The van der Waals surface area contributed by atoms with Gasteiger partial charge in [0.15, 0.2) is 9.37 Å². The van der Waals surface area contributed by atoms with E-state index in [9.17, 15) is 10.1 Å². The second kappa shape index (κ2) is 5.01. The number of nitrogens with zero attached hydrogens (tertiary/aromatic N) is 5. The third kappa shape index (κ3) is 2.47. The van der Waals surface area contributed by atoms with Gasteiger partial charge in [-0.05, 0) is 23.3 Å². The minimum absolute atomic E-state index is 0.157. The van der Waals surface area contributed by atoms with Crippen molar-refractivity contribution in [2.75, 3.05) is 12.4 Å². The summed E-state index contributed by atoms with van der Waals surface area (Å²) in [6, 6.07) is 0. The smallest absolute Gasteiger partial charge is 0.343 e. The Morgan fingerprint density at radius 1 is 1.41 bits per heavy atom. The Morgan fingerprint density at radius 2 is 2.24 bits per heavy atom. The van der Waals surface area contributed by atoms with Crippen molar-refractivity contribution >= 4 is 34.8 Å². The van der Waals surface area contributed by atoms with E-state index in [1.807, 2.05) is 0 Å². The molecule has 0 fully saturated rings. The molecule has 0 spiro atoms. The summed E-state index contributed by atoms with van der Waals surface area (Å²) in [4.78, 5) is 22.1. The van der Waals surface area contributed by atoms with Crippen LogP contribution in [-0.2, 0) is 0 Å². The molecule has 0 radical (unpaired) electrons. The van der Waals surface area contributed by atoms with Gasteiger partial charge in [0, 0.05) is 7.05 Å². The highest BCUT2D eigenvalue weighted by molar-refractivity contribution is 8.01. The summed E-state index contributed by atoms with van der Waals surface area (Å²) in [5, 5.41) is 13.9. The second-order valence-corrected chi connectivity index (χ2v) is 4.71. The summed E-state index contributed by atoms with van der Waals surface area (Å²) in [6.45, 7) is 0. The van der Waals surface area contributed by atoms with Crippen molar-refractivity contribution in [1.29, 1.82) is 0 Å². The topological polar surface area (TPSA) is 107 Å². The van der Waals surface area contributed by atoms with Crippen molar-refractivity contribution in [2.45, 2.75) is 9.37 Å². The van der Waals surface area contributed by atoms with Crippen LogP contribution in [-0.4, -0.2) is 31.3 Å². The van der Waals surface area contributed by atoms with Crippen LogP contribution in [0.3, 0.4) is 0 Å². The van der Waals surface area contributed by atoms with Crippen LogP contribution >= 0.6 is 23.3 Å². The average molecular weight is 270 g/mol. The first-order chi connectivity index (χ1) is 8.22. The zero-order valence-corrected chi connectivity index (χ0v) is 10.2. The molecule has 0 bridgehead atoms. The van der Waals surface area contributed by atoms with E-state index in [0.29, 0.717) is 4.34 Å². The van der Waals surface area contributed by atoms with Gasteiger partial charge < -0.3 is 5.32 Å². The number of hydrogen-bond donors (Lipinski definition) is 1. The third-order valence-corrected chi connectivity index (χ3v) is 3.44. The number of nitrogens with one attached hydrogen (secondary N) is 1. The molecule has 17 heavy (non-hydrogen) atoms. The van der Waals surface area contributed by atoms with E-state index in [0.717, 1.165) is 23.3 Å². The van der Waals surface area contributed by atoms with Gasteiger partial charge in [-0.2, -0.15) is 4.37 Å². The lowest BCUT2D eigenvalue weighted by atomic mass is 10.5. The van der Waals surface area contributed by atoms with Crippen LogP contribution in [0.4, 0.5) is 11.5 Å². The van der Waals surface area contributed by atoms with Gasteiger partial charge in [0.05, 0.1) is 4.92 Å². The quantitative estimate of drug-likeness (QED) is 0.505. The van der Waals surface area contributed by atoms with Gasteiger partial charge in [0.25, 0.3) is 0 Å². The van der Waals surface area contributed by atoms with E-state index in [1.165, 1.54) is 12.7 Å². The molecule has 0 aliphatic heterocycles. The predicted molar refractivity (Wildman–Crippen MR) is 62.3 cm³/mol. The Labute approximate surface area is 104 Å². The standard InChI is InChI=1S/C7H6N6O2S2/c1-8-5-4(13(14)15)6(10-2-9-5)16-7-11-3-12-17-7/h2-3H,1H3,(H,8,9,10). The number of rotatable bonds is 4. The Morgan fingerprint density at radius 3 is 2.82 bits per heavy atom. The molecule has 0 aliphatic carbocycles. The van der Waals surface area contributed by atoms with Crippen LogP contribution in [0.15, 0.2) is 22.0 Å². The Hall–Kier alpha value is -1.81. The lowest BCUT2D eigenvalue weighted by Crippen LogP contribution is -2.02.